The molecule has 1 fully saturated rings. The summed E-state index contributed by atoms with van der Waals surface area (Å²) in [7, 11) is 0. The number of rotatable bonds is 4. The molecule has 0 aromatic carbocycles. The molecule has 0 bridgehead atoms. The average Bonchev–Trinajstić information content (AvgIpc) is 2.76. The topological polar surface area (TPSA) is 24.9 Å². The van der Waals surface area contributed by atoms with E-state index in [1.807, 2.05) is 23.1 Å². The Hall–Kier alpha value is -0.0600. The maximum Gasteiger partial charge on any atom is 0.103 e. The fourth-order valence-electron chi connectivity index (χ4n) is 1.85. The summed E-state index contributed by atoms with van der Waals surface area (Å²) >= 11 is 3.76. The molecular formula is C11H18N2S2. The first-order chi connectivity index (χ1) is 7.40. The fraction of sp³-hybridized carbons (Fsp3) is 0.727. The van der Waals surface area contributed by atoms with Gasteiger partial charge in [0.2, 0.25) is 0 Å². The molecule has 1 N–H and O–H groups in total. The second-order valence-corrected chi connectivity index (χ2v) is 6.02. The van der Waals surface area contributed by atoms with E-state index in [0.29, 0.717) is 6.04 Å². The number of thioether (sulfide) groups is 1. The minimum atomic E-state index is 0.523. The third kappa shape index (κ3) is 3.20. The normalized spacial score (nSPS) is 21.8. The van der Waals surface area contributed by atoms with E-state index in [1.165, 1.54) is 35.7 Å². The van der Waals surface area contributed by atoms with Gasteiger partial charge in [-0.3, -0.25) is 0 Å². The summed E-state index contributed by atoms with van der Waals surface area (Å²) in [5, 5.41) is 7.05. The van der Waals surface area contributed by atoms with Crippen molar-refractivity contribution in [1.29, 1.82) is 0 Å². The van der Waals surface area contributed by atoms with E-state index in [1.54, 1.807) is 0 Å². The zero-order chi connectivity index (χ0) is 10.5. The van der Waals surface area contributed by atoms with Crippen LogP contribution in [0, 0.1) is 0 Å². The number of nitrogens with one attached hydrogen (secondary N) is 1. The largest absolute Gasteiger partial charge is 0.309 e. The van der Waals surface area contributed by atoms with Crippen molar-refractivity contribution >= 4 is 23.1 Å². The molecule has 0 radical (unpaired) electrons. The highest BCUT2D eigenvalue weighted by Crippen LogP contribution is 2.25. The fourth-order valence-corrected chi connectivity index (χ4v) is 3.44. The summed E-state index contributed by atoms with van der Waals surface area (Å²) in [6.45, 7) is 3.35. The summed E-state index contributed by atoms with van der Waals surface area (Å²) < 4.78 is 0. The molecule has 1 atom stereocenters. The van der Waals surface area contributed by atoms with Gasteiger partial charge in [0.1, 0.15) is 5.01 Å². The summed E-state index contributed by atoms with van der Waals surface area (Å²) in [6, 6.07) is 0.523. The van der Waals surface area contributed by atoms with E-state index >= 15 is 0 Å². The lowest BCUT2D eigenvalue weighted by atomic mass is 10.0. The minimum absolute atomic E-state index is 0.523. The Morgan fingerprint density at radius 2 is 2.53 bits per heavy atom. The molecule has 1 saturated heterocycles. The highest BCUT2D eigenvalue weighted by molar-refractivity contribution is 7.98. The lowest BCUT2D eigenvalue weighted by molar-refractivity contribution is 0.406. The molecular weight excluding hydrogens is 224 g/mol. The summed E-state index contributed by atoms with van der Waals surface area (Å²) in [6.07, 6.45) is 3.91. The Balaban J connectivity index is 1.93. The molecule has 1 aliphatic rings. The zero-order valence-electron chi connectivity index (χ0n) is 9.16. The molecule has 2 nitrogen and oxygen atoms in total. The van der Waals surface area contributed by atoms with Crippen LogP contribution in [0.4, 0.5) is 0 Å². The number of hydrogen-bond acceptors (Lipinski definition) is 4. The molecule has 0 spiro atoms. The third-order valence-electron chi connectivity index (χ3n) is 2.67. The van der Waals surface area contributed by atoms with Gasteiger partial charge in [0.25, 0.3) is 0 Å². The van der Waals surface area contributed by atoms with Crippen LogP contribution in [-0.4, -0.2) is 17.3 Å². The molecule has 1 aromatic rings. The van der Waals surface area contributed by atoms with E-state index in [2.05, 4.69) is 17.6 Å². The predicted molar refractivity (Wildman–Crippen MR) is 68.5 cm³/mol. The maximum atomic E-state index is 4.71. The van der Waals surface area contributed by atoms with Crippen LogP contribution in [0.15, 0.2) is 5.38 Å². The Labute approximate surface area is 99.9 Å². The zero-order valence-corrected chi connectivity index (χ0v) is 10.8. The first kappa shape index (κ1) is 11.4. The molecule has 1 aliphatic heterocycles. The van der Waals surface area contributed by atoms with Crippen LogP contribution in [0.3, 0.4) is 0 Å². The average molecular weight is 242 g/mol. The van der Waals surface area contributed by atoms with E-state index < -0.39 is 0 Å². The van der Waals surface area contributed by atoms with Gasteiger partial charge in [0, 0.05) is 11.1 Å². The monoisotopic (exact) mass is 242 g/mol. The summed E-state index contributed by atoms with van der Waals surface area (Å²) in [5.41, 5.74) is 1.27. The molecule has 0 amide bonds. The molecule has 4 heteroatoms. The van der Waals surface area contributed by atoms with Gasteiger partial charge in [-0.15, -0.1) is 11.3 Å². The van der Waals surface area contributed by atoms with Gasteiger partial charge in [-0.2, -0.15) is 11.8 Å². The van der Waals surface area contributed by atoms with E-state index in [4.69, 9.17) is 4.98 Å². The first-order valence-electron chi connectivity index (χ1n) is 5.65. The van der Waals surface area contributed by atoms with Crippen molar-refractivity contribution in [2.24, 2.45) is 0 Å². The molecule has 2 rings (SSSR count). The van der Waals surface area contributed by atoms with Crippen molar-refractivity contribution in [3.05, 3.63) is 16.1 Å². The van der Waals surface area contributed by atoms with Crippen molar-refractivity contribution in [1.82, 2.24) is 10.3 Å². The van der Waals surface area contributed by atoms with Gasteiger partial charge in [-0.1, -0.05) is 13.3 Å². The number of hydrogen-bond donors (Lipinski definition) is 1. The van der Waals surface area contributed by atoms with Gasteiger partial charge in [-0.25, -0.2) is 4.98 Å². The van der Waals surface area contributed by atoms with Gasteiger partial charge in [0.15, 0.2) is 0 Å². The van der Waals surface area contributed by atoms with Crippen LogP contribution >= 0.6 is 23.1 Å². The Morgan fingerprint density at radius 1 is 1.60 bits per heavy atom. The second-order valence-electron chi connectivity index (χ2n) is 3.81. The summed E-state index contributed by atoms with van der Waals surface area (Å²) in [4.78, 5) is 4.71. The Bertz CT molecular complexity index is 293. The van der Waals surface area contributed by atoms with E-state index in [0.717, 1.165) is 12.3 Å². The van der Waals surface area contributed by atoms with Crippen molar-refractivity contribution in [3.8, 4) is 0 Å². The van der Waals surface area contributed by atoms with Gasteiger partial charge in [-0.05, 0) is 25.1 Å². The van der Waals surface area contributed by atoms with Crippen molar-refractivity contribution < 1.29 is 0 Å². The number of thiazole rings is 1. The second kappa shape index (κ2) is 5.87. The molecule has 1 unspecified atom stereocenters. The molecule has 15 heavy (non-hydrogen) atoms. The van der Waals surface area contributed by atoms with Crippen molar-refractivity contribution in [2.75, 3.05) is 12.3 Å². The van der Waals surface area contributed by atoms with Gasteiger partial charge in [0.05, 0.1) is 11.7 Å². The molecule has 0 saturated carbocycles. The van der Waals surface area contributed by atoms with E-state index in [-0.39, 0.29) is 0 Å². The smallest absolute Gasteiger partial charge is 0.103 e. The Morgan fingerprint density at radius 3 is 3.27 bits per heavy atom. The number of piperidine rings is 1. The van der Waals surface area contributed by atoms with Crippen LogP contribution in [0.2, 0.25) is 0 Å². The highest BCUT2D eigenvalue weighted by atomic mass is 32.2. The predicted octanol–water partition coefficient (Wildman–Crippen LogP) is 3.21. The molecule has 2 heterocycles. The van der Waals surface area contributed by atoms with Crippen LogP contribution < -0.4 is 5.32 Å². The van der Waals surface area contributed by atoms with E-state index in [9.17, 15) is 0 Å². The van der Waals surface area contributed by atoms with Gasteiger partial charge < -0.3 is 5.32 Å². The number of nitrogens with zero attached hydrogens (tertiary/aromatic N) is 1. The van der Waals surface area contributed by atoms with Crippen molar-refractivity contribution in [2.45, 2.75) is 38.0 Å². The van der Waals surface area contributed by atoms with Crippen LogP contribution in [-0.2, 0) is 5.75 Å². The maximum absolute atomic E-state index is 4.71. The minimum Gasteiger partial charge on any atom is -0.309 e. The Kier molecular flexibility index (Phi) is 4.47. The van der Waals surface area contributed by atoms with Crippen LogP contribution in [0.5, 0.6) is 0 Å². The lowest BCUT2D eigenvalue weighted by Crippen LogP contribution is -2.26. The molecule has 84 valence electrons. The highest BCUT2D eigenvalue weighted by Gasteiger charge is 2.17. The summed E-state index contributed by atoms with van der Waals surface area (Å²) in [5.74, 6) is 2.25. The third-order valence-corrected chi connectivity index (χ3v) is 4.60. The standard InChI is InChI=1S/C11H18N2S2/c1-2-14-8-11-13-10(7-15-11)9-5-3-4-6-12-9/h7,9,12H,2-6,8H2,1H3. The number of aromatic nitrogens is 1. The van der Waals surface area contributed by atoms with Gasteiger partial charge >= 0.3 is 0 Å². The molecule has 0 aliphatic carbocycles. The van der Waals surface area contributed by atoms with Crippen molar-refractivity contribution in [3.63, 3.8) is 0 Å². The SMILES string of the molecule is CCSCc1nc(C2CCCCN2)cs1. The first-order valence-corrected chi connectivity index (χ1v) is 7.69. The van der Waals surface area contributed by atoms with Crippen LogP contribution in [0.1, 0.15) is 42.9 Å². The lowest BCUT2D eigenvalue weighted by Gasteiger charge is -2.21. The van der Waals surface area contributed by atoms with Crippen LogP contribution in [0.25, 0.3) is 0 Å². The molecule has 1 aromatic heterocycles. The quantitative estimate of drug-likeness (QED) is 0.877.